The lowest BCUT2D eigenvalue weighted by molar-refractivity contribution is -0.147. The molecule has 2 N–H and O–H groups in total. The number of rotatable bonds is 5. The smallest absolute Gasteiger partial charge is 0.337 e. The van der Waals surface area contributed by atoms with Crippen LogP contribution >= 0.6 is 0 Å². The lowest BCUT2D eigenvalue weighted by atomic mass is 9.98. The van der Waals surface area contributed by atoms with E-state index >= 15 is 0 Å². The molecular weight excluding hydrogens is 224 g/mol. The first-order chi connectivity index (χ1) is 8.06. The standard InChI is InChI=1S/C12H16O5/c1-4-7-8(10(13)12(14)15)5-6-9(16-2)11(7)17-3/h5-6,10,13H,4H2,1-3H3,(H,14,15). The molecule has 0 aliphatic carbocycles. The van der Waals surface area contributed by atoms with Crippen LogP contribution in [-0.4, -0.2) is 30.4 Å². The van der Waals surface area contributed by atoms with Gasteiger partial charge in [0.15, 0.2) is 17.6 Å². The van der Waals surface area contributed by atoms with Crippen molar-refractivity contribution in [2.45, 2.75) is 19.4 Å². The van der Waals surface area contributed by atoms with Gasteiger partial charge in [0.25, 0.3) is 0 Å². The SMILES string of the molecule is CCc1c(C(O)C(=O)O)ccc(OC)c1OC. The molecule has 0 spiro atoms. The Hall–Kier alpha value is -1.75. The average Bonchev–Trinajstić information content (AvgIpc) is 2.35. The molecule has 1 aromatic rings. The minimum atomic E-state index is -1.55. The van der Waals surface area contributed by atoms with Gasteiger partial charge < -0.3 is 19.7 Å². The van der Waals surface area contributed by atoms with Crippen LogP contribution in [0.15, 0.2) is 12.1 Å². The summed E-state index contributed by atoms with van der Waals surface area (Å²) in [6.07, 6.45) is -1.01. The summed E-state index contributed by atoms with van der Waals surface area (Å²) in [5.74, 6) is -0.301. The zero-order chi connectivity index (χ0) is 13.0. The molecule has 1 unspecified atom stereocenters. The van der Waals surface area contributed by atoms with Gasteiger partial charge in [-0.1, -0.05) is 13.0 Å². The Morgan fingerprint density at radius 2 is 2.00 bits per heavy atom. The topological polar surface area (TPSA) is 76.0 Å². The molecule has 0 radical (unpaired) electrons. The molecule has 0 aromatic heterocycles. The molecule has 0 saturated heterocycles. The second kappa shape index (κ2) is 5.54. The number of hydrogen-bond acceptors (Lipinski definition) is 4. The summed E-state index contributed by atoms with van der Waals surface area (Å²) >= 11 is 0. The first-order valence-corrected chi connectivity index (χ1v) is 5.21. The fraction of sp³-hybridized carbons (Fsp3) is 0.417. The van der Waals surface area contributed by atoms with Gasteiger partial charge in [0.1, 0.15) is 0 Å². The molecule has 1 rings (SSSR count). The van der Waals surface area contributed by atoms with Crippen LogP contribution in [0.3, 0.4) is 0 Å². The van der Waals surface area contributed by atoms with Crippen molar-refractivity contribution in [2.24, 2.45) is 0 Å². The highest BCUT2D eigenvalue weighted by Gasteiger charge is 2.23. The number of aliphatic hydroxyl groups excluding tert-OH is 1. The molecule has 0 aliphatic heterocycles. The first-order valence-electron chi connectivity index (χ1n) is 5.21. The number of benzene rings is 1. The quantitative estimate of drug-likeness (QED) is 0.813. The van der Waals surface area contributed by atoms with Crippen molar-refractivity contribution in [3.05, 3.63) is 23.3 Å². The van der Waals surface area contributed by atoms with Gasteiger partial charge in [-0.05, 0) is 18.1 Å². The Kier molecular flexibility index (Phi) is 4.34. The number of carboxylic acid groups (broad SMARTS) is 1. The largest absolute Gasteiger partial charge is 0.493 e. The van der Waals surface area contributed by atoms with E-state index in [1.54, 1.807) is 12.1 Å². The van der Waals surface area contributed by atoms with Crippen LogP contribution in [0.5, 0.6) is 11.5 Å². The van der Waals surface area contributed by atoms with E-state index in [1.165, 1.54) is 14.2 Å². The van der Waals surface area contributed by atoms with E-state index in [1.807, 2.05) is 6.92 Å². The fourth-order valence-corrected chi connectivity index (χ4v) is 1.76. The highest BCUT2D eigenvalue weighted by Crippen LogP contribution is 2.36. The third-order valence-electron chi connectivity index (χ3n) is 2.57. The monoisotopic (exact) mass is 240 g/mol. The number of ether oxygens (including phenoxy) is 2. The molecule has 1 aromatic carbocycles. The minimum absolute atomic E-state index is 0.331. The summed E-state index contributed by atoms with van der Waals surface area (Å²) in [5, 5.41) is 18.4. The highest BCUT2D eigenvalue weighted by atomic mass is 16.5. The zero-order valence-corrected chi connectivity index (χ0v) is 10.1. The third-order valence-corrected chi connectivity index (χ3v) is 2.57. The summed E-state index contributed by atoms with van der Waals surface area (Å²) in [4.78, 5) is 10.8. The third kappa shape index (κ3) is 2.50. The Balaban J connectivity index is 3.37. The highest BCUT2D eigenvalue weighted by molar-refractivity contribution is 5.75. The van der Waals surface area contributed by atoms with Gasteiger partial charge in [-0.25, -0.2) is 4.79 Å². The van der Waals surface area contributed by atoms with Crippen molar-refractivity contribution in [3.63, 3.8) is 0 Å². The van der Waals surface area contributed by atoms with Crippen molar-refractivity contribution in [1.29, 1.82) is 0 Å². The molecule has 17 heavy (non-hydrogen) atoms. The van der Waals surface area contributed by atoms with E-state index in [-0.39, 0.29) is 0 Å². The molecule has 94 valence electrons. The summed E-state index contributed by atoms with van der Waals surface area (Å²) in [7, 11) is 2.98. The normalized spacial score (nSPS) is 12.0. The van der Waals surface area contributed by atoms with Gasteiger partial charge in [0, 0.05) is 5.56 Å². The van der Waals surface area contributed by atoms with Crippen molar-refractivity contribution in [1.82, 2.24) is 0 Å². The second-order valence-electron chi connectivity index (χ2n) is 3.46. The van der Waals surface area contributed by atoms with E-state index in [9.17, 15) is 9.90 Å². The van der Waals surface area contributed by atoms with Crippen LogP contribution in [-0.2, 0) is 11.2 Å². The maximum Gasteiger partial charge on any atom is 0.337 e. The summed E-state index contributed by atoms with van der Waals surface area (Å²) in [6, 6.07) is 3.12. The molecule has 0 saturated carbocycles. The Morgan fingerprint density at radius 3 is 2.41 bits per heavy atom. The lowest BCUT2D eigenvalue weighted by Crippen LogP contribution is -2.13. The summed E-state index contributed by atoms with van der Waals surface area (Å²) in [5.41, 5.74) is 0.972. The number of hydrogen-bond donors (Lipinski definition) is 2. The van der Waals surface area contributed by atoms with E-state index in [4.69, 9.17) is 14.6 Å². The van der Waals surface area contributed by atoms with Crippen LogP contribution in [0.4, 0.5) is 0 Å². The predicted octanol–water partition coefficient (Wildman–Crippen LogP) is 1.38. The molecule has 5 heteroatoms. The number of aliphatic carboxylic acids is 1. The van der Waals surface area contributed by atoms with Gasteiger partial charge in [-0.15, -0.1) is 0 Å². The number of carboxylic acids is 1. The zero-order valence-electron chi connectivity index (χ0n) is 10.1. The number of carbonyl (C=O) groups is 1. The van der Waals surface area contributed by atoms with E-state index in [2.05, 4.69) is 0 Å². The van der Waals surface area contributed by atoms with Crippen LogP contribution in [0.1, 0.15) is 24.2 Å². The Morgan fingerprint density at radius 1 is 1.35 bits per heavy atom. The molecule has 5 nitrogen and oxygen atoms in total. The Bertz CT molecular complexity index is 414. The maximum atomic E-state index is 10.8. The summed E-state index contributed by atoms with van der Waals surface area (Å²) < 4.78 is 10.3. The van der Waals surface area contributed by atoms with E-state index in [0.29, 0.717) is 29.0 Å². The summed E-state index contributed by atoms with van der Waals surface area (Å²) in [6.45, 7) is 1.86. The van der Waals surface area contributed by atoms with Gasteiger partial charge in [0.05, 0.1) is 14.2 Å². The van der Waals surface area contributed by atoms with Crippen LogP contribution < -0.4 is 9.47 Å². The average molecular weight is 240 g/mol. The fourth-order valence-electron chi connectivity index (χ4n) is 1.76. The number of methoxy groups -OCH3 is 2. The van der Waals surface area contributed by atoms with Crippen LogP contribution in [0, 0.1) is 0 Å². The maximum absolute atomic E-state index is 10.8. The second-order valence-corrected chi connectivity index (χ2v) is 3.46. The molecular formula is C12H16O5. The molecule has 0 fully saturated rings. The van der Waals surface area contributed by atoms with Gasteiger partial charge in [-0.3, -0.25) is 0 Å². The van der Waals surface area contributed by atoms with Crippen molar-refractivity contribution < 1.29 is 24.5 Å². The first kappa shape index (κ1) is 13.3. The van der Waals surface area contributed by atoms with E-state index < -0.39 is 12.1 Å². The van der Waals surface area contributed by atoms with Crippen molar-refractivity contribution in [2.75, 3.05) is 14.2 Å². The van der Waals surface area contributed by atoms with Crippen molar-refractivity contribution >= 4 is 5.97 Å². The number of aliphatic hydroxyl groups is 1. The molecule has 1 atom stereocenters. The van der Waals surface area contributed by atoms with Gasteiger partial charge in [-0.2, -0.15) is 0 Å². The lowest BCUT2D eigenvalue weighted by Gasteiger charge is -2.17. The molecule has 0 bridgehead atoms. The molecule has 0 amide bonds. The van der Waals surface area contributed by atoms with Crippen molar-refractivity contribution in [3.8, 4) is 11.5 Å². The van der Waals surface area contributed by atoms with E-state index in [0.717, 1.165) is 0 Å². The predicted molar refractivity (Wildman–Crippen MR) is 61.5 cm³/mol. The Labute approximate surface area is 99.6 Å². The molecule has 0 aliphatic rings. The minimum Gasteiger partial charge on any atom is -0.493 e. The van der Waals surface area contributed by atoms with Gasteiger partial charge in [0.2, 0.25) is 0 Å². The molecule has 0 heterocycles. The van der Waals surface area contributed by atoms with Crippen LogP contribution in [0.2, 0.25) is 0 Å². The van der Waals surface area contributed by atoms with Gasteiger partial charge >= 0.3 is 5.97 Å². The van der Waals surface area contributed by atoms with Crippen LogP contribution in [0.25, 0.3) is 0 Å².